The van der Waals surface area contributed by atoms with Crippen molar-refractivity contribution in [3.8, 4) is 0 Å². The summed E-state index contributed by atoms with van der Waals surface area (Å²) in [5, 5.41) is 0. The van der Waals surface area contributed by atoms with Gasteiger partial charge in [0, 0.05) is 6.54 Å². The van der Waals surface area contributed by atoms with Crippen molar-refractivity contribution in [2.24, 2.45) is 5.73 Å². The van der Waals surface area contributed by atoms with Crippen molar-refractivity contribution in [2.75, 3.05) is 31.6 Å². The van der Waals surface area contributed by atoms with Crippen molar-refractivity contribution >= 4 is 11.8 Å². The summed E-state index contributed by atoms with van der Waals surface area (Å²) in [7, 11) is 0. The molecule has 0 heterocycles. The minimum absolute atomic E-state index is 0.786. The van der Waals surface area contributed by atoms with Crippen LogP contribution in [0, 0.1) is 0 Å². The Bertz CT molecular complexity index is 277. The predicted molar refractivity (Wildman–Crippen MR) is 78.4 cm³/mol. The monoisotopic (exact) mass is 252 g/mol. The standard InChI is InChI=1S/C14H24N2S/c1-17-12-6-11-16(10-5-9-15)13-14-7-3-2-4-8-14/h2-4,7-8H,5-6,9-13,15H2,1H3. The largest absolute Gasteiger partial charge is 0.330 e. The first-order valence-corrected chi connectivity index (χ1v) is 7.71. The molecular formula is C14H24N2S. The normalized spacial score (nSPS) is 11.0. The van der Waals surface area contributed by atoms with E-state index in [0.717, 1.165) is 26.1 Å². The molecule has 3 heteroatoms. The summed E-state index contributed by atoms with van der Waals surface area (Å²) in [5.41, 5.74) is 6.99. The van der Waals surface area contributed by atoms with E-state index in [-0.39, 0.29) is 0 Å². The Morgan fingerprint density at radius 1 is 1.12 bits per heavy atom. The second-order valence-corrected chi connectivity index (χ2v) is 5.24. The fraction of sp³-hybridized carbons (Fsp3) is 0.571. The van der Waals surface area contributed by atoms with Gasteiger partial charge in [-0.1, -0.05) is 30.3 Å². The average Bonchev–Trinajstić information content (AvgIpc) is 2.37. The fourth-order valence-corrected chi connectivity index (χ4v) is 2.28. The molecule has 2 N–H and O–H groups in total. The first-order valence-electron chi connectivity index (χ1n) is 6.32. The molecule has 0 saturated heterocycles. The minimum Gasteiger partial charge on any atom is -0.330 e. The van der Waals surface area contributed by atoms with Crippen LogP contribution >= 0.6 is 11.8 Å². The van der Waals surface area contributed by atoms with Gasteiger partial charge in [-0.15, -0.1) is 0 Å². The summed E-state index contributed by atoms with van der Waals surface area (Å²) in [6.07, 6.45) is 4.52. The van der Waals surface area contributed by atoms with Crippen LogP contribution in [-0.2, 0) is 6.54 Å². The molecule has 0 spiro atoms. The molecule has 0 aliphatic heterocycles. The maximum atomic E-state index is 5.59. The minimum atomic E-state index is 0.786. The van der Waals surface area contributed by atoms with Gasteiger partial charge in [-0.05, 0) is 50.0 Å². The lowest BCUT2D eigenvalue weighted by atomic mass is 10.2. The molecular weight excluding hydrogens is 228 g/mol. The fourth-order valence-electron chi connectivity index (χ4n) is 1.86. The van der Waals surface area contributed by atoms with E-state index in [1.54, 1.807) is 0 Å². The van der Waals surface area contributed by atoms with E-state index in [2.05, 4.69) is 41.5 Å². The van der Waals surface area contributed by atoms with Crippen LogP contribution in [0.2, 0.25) is 0 Å². The smallest absolute Gasteiger partial charge is 0.0233 e. The Balaban J connectivity index is 2.39. The molecule has 0 fully saturated rings. The second kappa shape index (κ2) is 9.51. The van der Waals surface area contributed by atoms with E-state index >= 15 is 0 Å². The van der Waals surface area contributed by atoms with Crippen molar-refractivity contribution in [3.05, 3.63) is 35.9 Å². The third-order valence-electron chi connectivity index (χ3n) is 2.75. The van der Waals surface area contributed by atoms with Gasteiger partial charge < -0.3 is 5.73 Å². The van der Waals surface area contributed by atoms with Gasteiger partial charge >= 0.3 is 0 Å². The lowest BCUT2D eigenvalue weighted by molar-refractivity contribution is 0.265. The van der Waals surface area contributed by atoms with Crippen LogP contribution in [0.4, 0.5) is 0 Å². The number of nitrogens with two attached hydrogens (primary N) is 1. The molecule has 17 heavy (non-hydrogen) atoms. The van der Waals surface area contributed by atoms with Gasteiger partial charge in [-0.3, -0.25) is 4.90 Å². The highest BCUT2D eigenvalue weighted by molar-refractivity contribution is 7.98. The summed E-state index contributed by atoms with van der Waals surface area (Å²) < 4.78 is 0. The summed E-state index contributed by atoms with van der Waals surface area (Å²) in [5.74, 6) is 1.24. The third-order valence-corrected chi connectivity index (χ3v) is 3.45. The molecule has 1 aromatic rings. The highest BCUT2D eigenvalue weighted by atomic mass is 32.2. The molecule has 0 unspecified atom stereocenters. The maximum Gasteiger partial charge on any atom is 0.0233 e. The second-order valence-electron chi connectivity index (χ2n) is 4.25. The topological polar surface area (TPSA) is 29.3 Å². The zero-order valence-electron chi connectivity index (χ0n) is 10.8. The molecule has 0 atom stereocenters. The van der Waals surface area contributed by atoms with Crippen molar-refractivity contribution in [3.63, 3.8) is 0 Å². The summed E-state index contributed by atoms with van der Waals surface area (Å²) in [6.45, 7) is 4.12. The van der Waals surface area contributed by atoms with Crippen LogP contribution in [0.1, 0.15) is 18.4 Å². The number of thioether (sulfide) groups is 1. The lowest BCUT2D eigenvalue weighted by Gasteiger charge is -2.22. The van der Waals surface area contributed by atoms with Gasteiger partial charge in [0.15, 0.2) is 0 Å². The molecule has 0 aliphatic carbocycles. The van der Waals surface area contributed by atoms with Crippen LogP contribution in [0.25, 0.3) is 0 Å². The molecule has 2 nitrogen and oxygen atoms in total. The van der Waals surface area contributed by atoms with Crippen LogP contribution in [0.15, 0.2) is 30.3 Å². The number of benzene rings is 1. The predicted octanol–water partition coefficient (Wildman–Crippen LogP) is 2.59. The first kappa shape index (κ1) is 14.6. The van der Waals surface area contributed by atoms with Gasteiger partial charge in [0.2, 0.25) is 0 Å². The molecule has 0 amide bonds. The molecule has 0 aromatic heterocycles. The number of hydrogen-bond donors (Lipinski definition) is 1. The van der Waals surface area contributed by atoms with E-state index in [1.807, 2.05) is 11.8 Å². The Morgan fingerprint density at radius 2 is 1.82 bits per heavy atom. The van der Waals surface area contributed by atoms with Crippen molar-refractivity contribution in [2.45, 2.75) is 19.4 Å². The van der Waals surface area contributed by atoms with E-state index in [9.17, 15) is 0 Å². The maximum absolute atomic E-state index is 5.59. The lowest BCUT2D eigenvalue weighted by Crippen LogP contribution is -2.27. The summed E-state index contributed by atoms with van der Waals surface area (Å²) in [4.78, 5) is 2.51. The first-order chi connectivity index (χ1) is 8.36. The number of nitrogens with zero attached hydrogens (tertiary/aromatic N) is 1. The average molecular weight is 252 g/mol. The van der Waals surface area contributed by atoms with E-state index < -0.39 is 0 Å². The molecule has 0 aliphatic rings. The third kappa shape index (κ3) is 6.71. The zero-order valence-corrected chi connectivity index (χ0v) is 11.6. The Kier molecular flexibility index (Phi) is 8.14. The summed E-state index contributed by atoms with van der Waals surface area (Å²) >= 11 is 1.92. The molecule has 1 aromatic carbocycles. The van der Waals surface area contributed by atoms with Gasteiger partial charge in [-0.2, -0.15) is 11.8 Å². The zero-order chi connectivity index (χ0) is 12.3. The SMILES string of the molecule is CSCCCN(CCCN)Cc1ccccc1. The van der Waals surface area contributed by atoms with Crippen LogP contribution in [-0.4, -0.2) is 36.5 Å². The Morgan fingerprint density at radius 3 is 2.47 bits per heavy atom. The Labute approximate surface area is 110 Å². The molecule has 96 valence electrons. The van der Waals surface area contributed by atoms with Gasteiger partial charge in [0.1, 0.15) is 0 Å². The van der Waals surface area contributed by atoms with Crippen LogP contribution in [0.5, 0.6) is 0 Å². The van der Waals surface area contributed by atoms with E-state index in [0.29, 0.717) is 0 Å². The highest BCUT2D eigenvalue weighted by Gasteiger charge is 2.04. The highest BCUT2D eigenvalue weighted by Crippen LogP contribution is 2.07. The molecule has 0 radical (unpaired) electrons. The van der Waals surface area contributed by atoms with Gasteiger partial charge in [0.05, 0.1) is 0 Å². The van der Waals surface area contributed by atoms with E-state index in [4.69, 9.17) is 5.73 Å². The Hall–Kier alpha value is -0.510. The van der Waals surface area contributed by atoms with Crippen molar-refractivity contribution < 1.29 is 0 Å². The van der Waals surface area contributed by atoms with Gasteiger partial charge in [0.25, 0.3) is 0 Å². The number of rotatable bonds is 9. The summed E-state index contributed by atoms with van der Waals surface area (Å²) in [6, 6.07) is 10.7. The van der Waals surface area contributed by atoms with Crippen molar-refractivity contribution in [1.82, 2.24) is 4.90 Å². The molecule has 1 rings (SSSR count). The molecule has 0 saturated carbocycles. The van der Waals surface area contributed by atoms with Gasteiger partial charge in [-0.25, -0.2) is 0 Å². The van der Waals surface area contributed by atoms with Crippen molar-refractivity contribution in [1.29, 1.82) is 0 Å². The van der Waals surface area contributed by atoms with Crippen LogP contribution < -0.4 is 5.73 Å². The number of hydrogen-bond acceptors (Lipinski definition) is 3. The van der Waals surface area contributed by atoms with Crippen LogP contribution in [0.3, 0.4) is 0 Å². The quantitative estimate of drug-likeness (QED) is 0.685. The molecule has 0 bridgehead atoms. The van der Waals surface area contributed by atoms with E-state index in [1.165, 1.54) is 24.3 Å².